The average Bonchev–Trinajstić information content (AvgIpc) is 2.99. The molecule has 26 heavy (non-hydrogen) atoms. The first-order valence-corrected chi connectivity index (χ1v) is 9.31. The number of likely N-dealkylation sites (N-methyl/N-ethyl adjacent to an activating group) is 1. The Bertz CT molecular complexity index is 1120. The molecule has 5 nitrogen and oxygen atoms in total. The predicted octanol–water partition coefficient (Wildman–Crippen LogP) is 2.18. The minimum atomic E-state index is -0.146. The Morgan fingerprint density at radius 2 is 1.88 bits per heavy atom. The zero-order valence-corrected chi connectivity index (χ0v) is 15.5. The van der Waals surface area contributed by atoms with Gasteiger partial charge in [-0.3, -0.25) is 9.36 Å². The lowest BCUT2D eigenvalue weighted by atomic mass is 10.1. The third-order valence-electron chi connectivity index (χ3n) is 4.26. The topological polar surface area (TPSA) is 72.8 Å². The summed E-state index contributed by atoms with van der Waals surface area (Å²) in [6, 6.07) is 11.9. The van der Waals surface area contributed by atoms with Gasteiger partial charge in [0.15, 0.2) is 5.57 Å². The second-order valence-electron chi connectivity index (χ2n) is 5.81. The van der Waals surface area contributed by atoms with Gasteiger partial charge in [0.2, 0.25) is 0 Å². The number of aromatic nitrogens is 1. The Hall–Kier alpha value is -3.09. The molecule has 0 atom stereocenters. The highest BCUT2D eigenvalue weighted by atomic mass is 32.1. The Labute approximate surface area is 155 Å². The van der Waals surface area contributed by atoms with E-state index in [1.165, 1.54) is 11.3 Å². The van der Waals surface area contributed by atoms with Gasteiger partial charge >= 0.3 is 0 Å². The first kappa shape index (κ1) is 17.7. The van der Waals surface area contributed by atoms with Gasteiger partial charge in [-0.1, -0.05) is 31.2 Å². The highest BCUT2D eigenvalue weighted by Crippen LogP contribution is 2.30. The molecule has 0 saturated heterocycles. The van der Waals surface area contributed by atoms with Crippen molar-refractivity contribution in [2.24, 2.45) is 0 Å². The number of benzene rings is 1. The molecule has 2 heterocycles. The molecule has 0 N–H and O–H groups in total. The Morgan fingerprint density at radius 1 is 1.15 bits per heavy atom. The molecule has 3 rings (SSSR count). The molecule has 1 aliphatic heterocycles. The molecule has 0 spiro atoms. The molecule has 1 aromatic carbocycles. The number of anilines is 1. The quantitative estimate of drug-likeness (QED) is 0.839. The first-order chi connectivity index (χ1) is 12.7. The molecule has 0 amide bonds. The number of hydrogen-bond donors (Lipinski definition) is 0. The molecular weight excluding hydrogens is 344 g/mol. The fourth-order valence-electron chi connectivity index (χ4n) is 3.11. The van der Waals surface area contributed by atoms with Crippen molar-refractivity contribution < 1.29 is 0 Å². The van der Waals surface area contributed by atoms with Crippen LogP contribution in [0, 0.1) is 22.7 Å². The average molecular weight is 362 g/mol. The number of thiazole rings is 1. The van der Waals surface area contributed by atoms with E-state index in [9.17, 15) is 15.3 Å². The molecule has 1 aliphatic rings. The number of nitrogens with zero attached hydrogens (tertiary/aromatic N) is 4. The van der Waals surface area contributed by atoms with Gasteiger partial charge in [0, 0.05) is 18.8 Å². The normalized spacial score (nSPS) is 14.5. The molecule has 0 fully saturated rings. The van der Waals surface area contributed by atoms with Crippen molar-refractivity contribution in [2.75, 3.05) is 11.4 Å². The molecule has 0 unspecified atom stereocenters. The van der Waals surface area contributed by atoms with Crippen LogP contribution < -0.4 is 19.7 Å². The summed E-state index contributed by atoms with van der Waals surface area (Å²) in [5.41, 5.74) is 2.80. The van der Waals surface area contributed by atoms with Crippen LogP contribution in [0.2, 0.25) is 0 Å². The summed E-state index contributed by atoms with van der Waals surface area (Å²) in [5.74, 6) is 0. The minimum Gasteiger partial charge on any atom is -0.340 e. The number of hydrogen-bond acceptors (Lipinski definition) is 5. The lowest BCUT2D eigenvalue weighted by Gasteiger charge is -2.28. The molecular formula is C20H18N4OS. The zero-order chi connectivity index (χ0) is 18.7. The maximum absolute atomic E-state index is 13.0. The second-order valence-corrected chi connectivity index (χ2v) is 6.81. The summed E-state index contributed by atoms with van der Waals surface area (Å²) in [6.45, 7) is 5.20. The molecule has 0 bridgehead atoms. The predicted molar refractivity (Wildman–Crippen MR) is 105 cm³/mol. The van der Waals surface area contributed by atoms with E-state index < -0.39 is 0 Å². The van der Waals surface area contributed by atoms with Gasteiger partial charge in [0.25, 0.3) is 5.56 Å². The van der Waals surface area contributed by atoms with E-state index in [0.717, 1.165) is 23.4 Å². The van der Waals surface area contributed by atoms with E-state index in [0.29, 0.717) is 22.3 Å². The molecule has 0 saturated carbocycles. The van der Waals surface area contributed by atoms with E-state index in [1.54, 1.807) is 4.57 Å². The van der Waals surface area contributed by atoms with Crippen molar-refractivity contribution in [3.05, 3.63) is 55.5 Å². The van der Waals surface area contributed by atoms with Crippen LogP contribution >= 0.6 is 11.3 Å². The summed E-state index contributed by atoms with van der Waals surface area (Å²) in [6.07, 6.45) is 4.69. The maximum atomic E-state index is 13.0. The highest BCUT2D eigenvalue weighted by Gasteiger charge is 2.19. The van der Waals surface area contributed by atoms with Crippen LogP contribution in [0.5, 0.6) is 0 Å². The van der Waals surface area contributed by atoms with Gasteiger partial charge in [-0.05, 0) is 31.1 Å². The first-order valence-electron chi connectivity index (χ1n) is 8.49. The molecule has 0 aliphatic carbocycles. The Morgan fingerprint density at radius 3 is 2.54 bits per heavy atom. The van der Waals surface area contributed by atoms with E-state index in [-0.39, 0.29) is 11.1 Å². The Balaban J connectivity index is 2.40. The summed E-state index contributed by atoms with van der Waals surface area (Å²) in [7, 11) is 0. The molecule has 1 aromatic heterocycles. The zero-order valence-electron chi connectivity index (χ0n) is 14.7. The molecule has 130 valence electrons. The number of rotatable bonds is 3. The van der Waals surface area contributed by atoms with Gasteiger partial charge in [0.1, 0.15) is 21.3 Å². The standard InChI is InChI=1S/C20H18N4OS/c1-3-11-24-19(25)18(26-20(24)15(12-21)13-22)17-10-9-14-7-5-6-8-16(14)23(17)4-2/h5-10H,3-4,11H2,1-2H3. The number of para-hydroxylation sites is 1. The fraction of sp³-hybridized carbons (Fsp3) is 0.250. The summed E-state index contributed by atoms with van der Waals surface area (Å²) >= 11 is 1.22. The SMILES string of the molecule is CCCn1c(=C(C#N)C#N)sc(=C2C=Cc3ccccc3N2CC)c1=O. The van der Waals surface area contributed by atoms with E-state index in [1.807, 2.05) is 62.4 Å². The smallest absolute Gasteiger partial charge is 0.271 e. The van der Waals surface area contributed by atoms with E-state index >= 15 is 0 Å². The molecule has 6 heteroatoms. The molecule has 0 radical (unpaired) electrons. The fourth-order valence-corrected chi connectivity index (χ4v) is 4.26. The van der Waals surface area contributed by atoms with Gasteiger partial charge in [-0.25, -0.2) is 0 Å². The number of nitriles is 2. The maximum Gasteiger partial charge on any atom is 0.271 e. The van der Waals surface area contributed by atoms with Crippen LogP contribution in [0.1, 0.15) is 25.8 Å². The van der Waals surface area contributed by atoms with Crippen molar-refractivity contribution in [3.8, 4) is 12.1 Å². The minimum absolute atomic E-state index is 0.0179. The van der Waals surface area contributed by atoms with Crippen LogP contribution in [0.3, 0.4) is 0 Å². The van der Waals surface area contributed by atoms with Crippen LogP contribution in [0.15, 0.2) is 35.1 Å². The van der Waals surface area contributed by atoms with Crippen molar-refractivity contribution in [1.29, 1.82) is 10.5 Å². The van der Waals surface area contributed by atoms with Gasteiger partial charge in [-0.15, -0.1) is 11.3 Å². The highest BCUT2D eigenvalue weighted by molar-refractivity contribution is 7.07. The number of fused-ring (bicyclic) bond motifs is 1. The third-order valence-corrected chi connectivity index (χ3v) is 5.46. The van der Waals surface area contributed by atoms with Crippen LogP contribution in [0.4, 0.5) is 5.69 Å². The second kappa shape index (κ2) is 7.43. The van der Waals surface area contributed by atoms with E-state index in [2.05, 4.69) is 4.90 Å². The van der Waals surface area contributed by atoms with Gasteiger partial charge < -0.3 is 4.90 Å². The van der Waals surface area contributed by atoms with Crippen LogP contribution in [0.25, 0.3) is 17.3 Å². The lowest BCUT2D eigenvalue weighted by molar-refractivity contribution is 0.649. The monoisotopic (exact) mass is 362 g/mol. The Kier molecular flexibility index (Phi) is 5.06. The van der Waals surface area contributed by atoms with Crippen molar-refractivity contribution >= 4 is 34.4 Å². The van der Waals surface area contributed by atoms with Crippen molar-refractivity contribution in [3.63, 3.8) is 0 Å². The third kappa shape index (κ3) is 2.85. The van der Waals surface area contributed by atoms with Gasteiger partial charge in [0.05, 0.1) is 5.70 Å². The molecule has 2 aromatic rings. The summed E-state index contributed by atoms with van der Waals surface area (Å²) < 4.78 is 2.55. The van der Waals surface area contributed by atoms with Crippen molar-refractivity contribution in [1.82, 2.24) is 4.57 Å². The summed E-state index contributed by atoms with van der Waals surface area (Å²) in [4.78, 5) is 15.1. The largest absolute Gasteiger partial charge is 0.340 e. The van der Waals surface area contributed by atoms with E-state index in [4.69, 9.17) is 0 Å². The van der Waals surface area contributed by atoms with Crippen LogP contribution in [-0.2, 0) is 6.54 Å². The summed E-state index contributed by atoms with van der Waals surface area (Å²) in [5, 5.41) is 18.5. The van der Waals surface area contributed by atoms with Gasteiger partial charge in [-0.2, -0.15) is 10.5 Å². The van der Waals surface area contributed by atoms with Crippen LogP contribution in [-0.4, -0.2) is 11.1 Å². The lowest BCUT2D eigenvalue weighted by Crippen LogP contribution is -2.36. The van der Waals surface area contributed by atoms with Crippen molar-refractivity contribution in [2.45, 2.75) is 26.8 Å².